The summed E-state index contributed by atoms with van der Waals surface area (Å²) in [7, 11) is 0. The van der Waals surface area contributed by atoms with E-state index in [1.807, 2.05) is 6.07 Å². The molecule has 0 N–H and O–H groups in total. The van der Waals surface area contributed by atoms with Crippen LogP contribution in [0.5, 0.6) is 11.5 Å². The molecule has 0 aliphatic carbocycles. The van der Waals surface area contributed by atoms with Crippen molar-refractivity contribution in [1.29, 1.82) is 0 Å². The summed E-state index contributed by atoms with van der Waals surface area (Å²) < 4.78 is 11.4. The molecule has 1 unspecified atom stereocenters. The topological polar surface area (TPSA) is 42.0 Å². The Bertz CT molecular complexity index is 634. The van der Waals surface area contributed by atoms with Crippen molar-refractivity contribution in [2.75, 3.05) is 39.4 Å². The van der Waals surface area contributed by atoms with Gasteiger partial charge in [-0.15, -0.1) is 0 Å². The van der Waals surface area contributed by atoms with Crippen LogP contribution in [0.4, 0.5) is 0 Å². The molecule has 0 bridgehead atoms. The monoisotopic (exact) mass is 388 g/mol. The molecule has 3 rings (SSSR count). The lowest BCUT2D eigenvalue weighted by Crippen LogP contribution is -2.38. The van der Waals surface area contributed by atoms with Crippen molar-refractivity contribution >= 4 is 5.91 Å². The number of rotatable bonds is 10. The number of amides is 1. The summed E-state index contributed by atoms with van der Waals surface area (Å²) in [6.45, 7) is 9.93. The van der Waals surface area contributed by atoms with Gasteiger partial charge in [-0.3, -0.25) is 4.79 Å². The largest absolute Gasteiger partial charge is 0.486 e. The Morgan fingerprint density at radius 3 is 2.71 bits per heavy atom. The second-order valence-electron chi connectivity index (χ2n) is 8.11. The first kappa shape index (κ1) is 21.0. The number of ether oxygens (including phenoxy) is 2. The van der Waals surface area contributed by atoms with Crippen LogP contribution in [-0.4, -0.2) is 61.1 Å². The van der Waals surface area contributed by atoms with Crippen molar-refractivity contribution in [3.05, 3.63) is 23.8 Å². The van der Waals surface area contributed by atoms with Crippen molar-refractivity contribution in [2.24, 2.45) is 0 Å². The molecular weight excluding hydrogens is 352 g/mol. The van der Waals surface area contributed by atoms with Crippen LogP contribution in [0.15, 0.2) is 18.2 Å². The van der Waals surface area contributed by atoms with E-state index in [2.05, 4.69) is 35.8 Å². The number of fused-ring (bicyclic) bond motifs is 1. The third kappa shape index (κ3) is 5.87. The molecule has 1 atom stereocenters. The Balaban J connectivity index is 1.46. The van der Waals surface area contributed by atoms with Gasteiger partial charge < -0.3 is 19.3 Å². The number of hydrogen-bond donors (Lipinski definition) is 0. The van der Waals surface area contributed by atoms with E-state index < -0.39 is 0 Å². The molecule has 1 fully saturated rings. The highest BCUT2D eigenvalue weighted by Gasteiger charge is 2.19. The van der Waals surface area contributed by atoms with Crippen LogP contribution in [0.3, 0.4) is 0 Å². The first-order chi connectivity index (χ1) is 13.7. The van der Waals surface area contributed by atoms with Gasteiger partial charge in [0.1, 0.15) is 13.2 Å². The van der Waals surface area contributed by atoms with Crippen molar-refractivity contribution in [1.82, 2.24) is 9.80 Å². The maximum atomic E-state index is 11.9. The van der Waals surface area contributed by atoms with Gasteiger partial charge in [-0.05, 0) is 76.2 Å². The summed E-state index contributed by atoms with van der Waals surface area (Å²) in [4.78, 5) is 16.6. The lowest BCUT2D eigenvalue weighted by Gasteiger charge is -2.30. The molecule has 1 saturated heterocycles. The fourth-order valence-electron chi connectivity index (χ4n) is 4.24. The van der Waals surface area contributed by atoms with Gasteiger partial charge in [0.05, 0.1) is 0 Å². The number of likely N-dealkylation sites (tertiary alicyclic amines) is 1. The molecule has 5 nitrogen and oxygen atoms in total. The third-order valence-electron chi connectivity index (χ3n) is 5.82. The molecule has 156 valence electrons. The van der Waals surface area contributed by atoms with Crippen molar-refractivity contribution in [3.63, 3.8) is 0 Å². The van der Waals surface area contributed by atoms with Crippen LogP contribution < -0.4 is 9.47 Å². The number of unbranched alkanes of at least 4 members (excludes halogenated alkanes) is 1. The predicted molar refractivity (Wildman–Crippen MR) is 112 cm³/mol. The Kier molecular flexibility index (Phi) is 8.01. The summed E-state index contributed by atoms with van der Waals surface area (Å²) in [6.07, 6.45) is 7.40. The predicted octanol–water partition coefficient (Wildman–Crippen LogP) is 3.89. The van der Waals surface area contributed by atoms with Crippen LogP contribution in [0.1, 0.15) is 57.9 Å². The number of nitrogens with zero attached hydrogens (tertiary/aromatic N) is 2. The highest BCUT2D eigenvalue weighted by molar-refractivity contribution is 5.76. The lowest BCUT2D eigenvalue weighted by atomic mass is 10.0. The third-order valence-corrected chi connectivity index (χ3v) is 5.82. The van der Waals surface area contributed by atoms with E-state index in [4.69, 9.17) is 9.47 Å². The van der Waals surface area contributed by atoms with E-state index in [9.17, 15) is 4.79 Å². The molecule has 2 aliphatic heterocycles. The second kappa shape index (κ2) is 10.7. The normalized spacial score (nSPS) is 17.8. The Morgan fingerprint density at radius 2 is 1.93 bits per heavy atom. The quantitative estimate of drug-likeness (QED) is 0.570. The van der Waals surface area contributed by atoms with Gasteiger partial charge >= 0.3 is 0 Å². The molecule has 1 aromatic carbocycles. The number of carbonyl (C=O) groups excluding carboxylic acids is 1. The molecular formula is C23H36N2O3. The molecule has 2 heterocycles. The number of benzene rings is 1. The molecule has 0 radical (unpaired) electrons. The summed E-state index contributed by atoms with van der Waals surface area (Å²) in [6, 6.07) is 6.82. The Morgan fingerprint density at radius 1 is 1.11 bits per heavy atom. The van der Waals surface area contributed by atoms with Crippen LogP contribution in [0, 0.1) is 0 Å². The summed E-state index contributed by atoms with van der Waals surface area (Å²) in [5.41, 5.74) is 1.30. The van der Waals surface area contributed by atoms with Crippen LogP contribution in [-0.2, 0) is 11.2 Å². The van der Waals surface area contributed by atoms with Gasteiger partial charge in [-0.2, -0.15) is 0 Å². The maximum absolute atomic E-state index is 11.9. The van der Waals surface area contributed by atoms with E-state index >= 15 is 0 Å². The van der Waals surface area contributed by atoms with Crippen LogP contribution in [0.25, 0.3) is 0 Å². The van der Waals surface area contributed by atoms with E-state index in [1.165, 1.54) is 12.0 Å². The average molecular weight is 389 g/mol. The summed E-state index contributed by atoms with van der Waals surface area (Å²) >= 11 is 0. The number of piperidine rings is 1. The number of carbonyl (C=O) groups is 1. The van der Waals surface area contributed by atoms with Crippen molar-refractivity contribution < 1.29 is 14.3 Å². The van der Waals surface area contributed by atoms with Gasteiger partial charge in [-0.1, -0.05) is 13.0 Å². The van der Waals surface area contributed by atoms with Crippen molar-refractivity contribution in [2.45, 2.75) is 64.8 Å². The minimum absolute atomic E-state index is 0.351. The molecule has 1 aromatic rings. The molecule has 28 heavy (non-hydrogen) atoms. The van der Waals surface area contributed by atoms with E-state index in [-0.39, 0.29) is 0 Å². The van der Waals surface area contributed by atoms with E-state index in [0.717, 1.165) is 76.2 Å². The molecule has 0 spiro atoms. The zero-order valence-corrected chi connectivity index (χ0v) is 17.6. The first-order valence-electron chi connectivity index (χ1n) is 11.1. The van der Waals surface area contributed by atoms with Crippen LogP contribution >= 0.6 is 0 Å². The zero-order valence-electron chi connectivity index (χ0n) is 17.6. The molecule has 0 aromatic heterocycles. The first-order valence-corrected chi connectivity index (χ1v) is 11.1. The highest BCUT2D eigenvalue weighted by Crippen LogP contribution is 2.31. The van der Waals surface area contributed by atoms with Gasteiger partial charge in [0.2, 0.25) is 5.91 Å². The number of hydrogen-bond acceptors (Lipinski definition) is 4. The van der Waals surface area contributed by atoms with Gasteiger partial charge in [0, 0.05) is 25.6 Å². The second-order valence-corrected chi connectivity index (χ2v) is 8.11. The zero-order chi connectivity index (χ0) is 19.8. The Labute approximate surface area is 170 Å². The lowest BCUT2D eigenvalue weighted by molar-refractivity contribution is -0.133. The van der Waals surface area contributed by atoms with Crippen molar-refractivity contribution in [3.8, 4) is 11.5 Å². The standard InChI is InChI=1S/C23H36N2O3/c1-3-11-24(12-6-7-14-25-13-5-4-8-23(25)26)19(2)17-20-9-10-21-22(18-20)28-16-15-27-21/h9-10,18-19H,3-8,11-17H2,1-2H3. The Hall–Kier alpha value is -1.75. The van der Waals surface area contributed by atoms with E-state index in [0.29, 0.717) is 25.2 Å². The minimum atomic E-state index is 0.351. The van der Waals surface area contributed by atoms with Gasteiger partial charge in [0.25, 0.3) is 0 Å². The summed E-state index contributed by atoms with van der Waals surface area (Å²) in [5.74, 6) is 2.09. The molecule has 2 aliphatic rings. The average Bonchev–Trinajstić information content (AvgIpc) is 2.71. The fraction of sp³-hybridized carbons (Fsp3) is 0.696. The van der Waals surface area contributed by atoms with Crippen LogP contribution in [0.2, 0.25) is 0 Å². The molecule has 0 saturated carbocycles. The molecule has 1 amide bonds. The maximum Gasteiger partial charge on any atom is 0.222 e. The van der Waals surface area contributed by atoms with Gasteiger partial charge in [-0.25, -0.2) is 0 Å². The highest BCUT2D eigenvalue weighted by atomic mass is 16.6. The SMILES string of the molecule is CCCN(CCCCN1CCCCC1=O)C(C)Cc1ccc2c(c1)OCCO2. The van der Waals surface area contributed by atoms with Gasteiger partial charge in [0.15, 0.2) is 11.5 Å². The fourth-order valence-corrected chi connectivity index (χ4v) is 4.24. The summed E-state index contributed by atoms with van der Waals surface area (Å²) in [5, 5.41) is 0. The van der Waals surface area contributed by atoms with E-state index in [1.54, 1.807) is 0 Å². The molecule has 5 heteroatoms. The minimum Gasteiger partial charge on any atom is -0.486 e. The smallest absolute Gasteiger partial charge is 0.222 e.